The van der Waals surface area contributed by atoms with E-state index in [1.807, 2.05) is 19.1 Å². The van der Waals surface area contributed by atoms with Crippen molar-refractivity contribution in [2.24, 2.45) is 0 Å². The third-order valence-corrected chi connectivity index (χ3v) is 3.02. The minimum atomic E-state index is -0.319. The summed E-state index contributed by atoms with van der Waals surface area (Å²) in [6.07, 6.45) is 1.67. The highest BCUT2D eigenvalue weighted by Gasteiger charge is 2.13. The van der Waals surface area contributed by atoms with E-state index in [0.29, 0.717) is 18.2 Å². The minimum absolute atomic E-state index is 0.00187. The van der Waals surface area contributed by atoms with E-state index < -0.39 is 0 Å². The predicted octanol–water partition coefficient (Wildman–Crippen LogP) is 4.21. The second-order valence-corrected chi connectivity index (χ2v) is 6.08. The Labute approximate surface area is 125 Å². The monoisotopic (exact) mass is 288 g/mol. The van der Waals surface area contributed by atoms with Gasteiger partial charge >= 0.3 is 0 Å². The van der Waals surface area contributed by atoms with Gasteiger partial charge < -0.3 is 10.1 Å². The van der Waals surface area contributed by atoms with Gasteiger partial charge in [0.05, 0.1) is 0 Å². The maximum atomic E-state index is 13.3. The molecule has 0 aliphatic heterocycles. The fraction of sp³-hybridized carbons (Fsp3) is 0.353. The highest BCUT2D eigenvalue weighted by Crippen LogP contribution is 2.27. The lowest BCUT2D eigenvalue weighted by Crippen LogP contribution is -2.35. The van der Waals surface area contributed by atoms with Crippen LogP contribution in [0.15, 0.2) is 36.5 Å². The van der Waals surface area contributed by atoms with Gasteiger partial charge in [-0.25, -0.2) is 9.37 Å². The van der Waals surface area contributed by atoms with Gasteiger partial charge in [0, 0.05) is 29.9 Å². The zero-order chi connectivity index (χ0) is 15.5. The Bertz CT molecular complexity index is 620. The number of benzene rings is 1. The van der Waals surface area contributed by atoms with Crippen molar-refractivity contribution in [2.75, 3.05) is 0 Å². The number of aromatic nitrogens is 1. The van der Waals surface area contributed by atoms with Crippen molar-refractivity contribution in [1.29, 1.82) is 0 Å². The molecule has 21 heavy (non-hydrogen) atoms. The highest BCUT2D eigenvalue weighted by molar-refractivity contribution is 5.37. The van der Waals surface area contributed by atoms with Crippen LogP contribution < -0.4 is 10.1 Å². The highest BCUT2D eigenvalue weighted by atomic mass is 19.1. The summed E-state index contributed by atoms with van der Waals surface area (Å²) in [4.78, 5) is 4.26. The van der Waals surface area contributed by atoms with Crippen molar-refractivity contribution in [2.45, 2.75) is 39.8 Å². The van der Waals surface area contributed by atoms with Crippen LogP contribution >= 0.6 is 0 Å². The Balaban J connectivity index is 2.22. The summed E-state index contributed by atoms with van der Waals surface area (Å²) in [7, 11) is 0. The number of halogens is 1. The van der Waals surface area contributed by atoms with Crippen LogP contribution in [-0.2, 0) is 6.54 Å². The molecule has 0 spiro atoms. The number of hydrogen-bond donors (Lipinski definition) is 1. The van der Waals surface area contributed by atoms with Crippen LogP contribution in [0.4, 0.5) is 4.39 Å². The van der Waals surface area contributed by atoms with Crippen LogP contribution in [-0.4, -0.2) is 10.5 Å². The topological polar surface area (TPSA) is 34.1 Å². The third kappa shape index (κ3) is 4.53. The zero-order valence-corrected chi connectivity index (χ0v) is 12.9. The van der Waals surface area contributed by atoms with Crippen molar-refractivity contribution in [1.82, 2.24) is 10.3 Å². The maximum Gasteiger partial charge on any atom is 0.223 e. The molecule has 0 bridgehead atoms. The zero-order valence-electron chi connectivity index (χ0n) is 12.9. The lowest BCUT2D eigenvalue weighted by molar-refractivity contribution is 0.408. The van der Waals surface area contributed by atoms with Crippen LogP contribution in [0, 0.1) is 12.7 Å². The summed E-state index contributed by atoms with van der Waals surface area (Å²) in [6, 6.07) is 8.31. The Kier molecular flexibility index (Phi) is 4.58. The molecular formula is C17H21FN2O. The number of rotatable bonds is 4. The largest absolute Gasteiger partial charge is 0.438 e. The summed E-state index contributed by atoms with van der Waals surface area (Å²) >= 11 is 0. The molecule has 0 aliphatic carbocycles. The van der Waals surface area contributed by atoms with Crippen LogP contribution in [0.5, 0.6) is 11.6 Å². The molecule has 2 aromatic rings. The smallest absolute Gasteiger partial charge is 0.223 e. The van der Waals surface area contributed by atoms with Crippen molar-refractivity contribution in [3.05, 3.63) is 53.5 Å². The lowest BCUT2D eigenvalue weighted by Gasteiger charge is -2.21. The van der Waals surface area contributed by atoms with Gasteiger partial charge in [0.15, 0.2) is 0 Å². The van der Waals surface area contributed by atoms with E-state index in [9.17, 15) is 4.39 Å². The maximum absolute atomic E-state index is 13.3. The number of aryl methyl sites for hydroxylation is 1. The molecule has 1 N–H and O–H groups in total. The Morgan fingerprint density at radius 2 is 2.00 bits per heavy atom. The number of pyridine rings is 1. The van der Waals surface area contributed by atoms with E-state index in [1.165, 1.54) is 12.1 Å². The number of hydrogen-bond acceptors (Lipinski definition) is 3. The van der Waals surface area contributed by atoms with Gasteiger partial charge in [0.2, 0.25) is 5.88 Å². The standard InChI is InChI=1S/C17H21FN2O/c1-12-7-8-14(18)10-15(12)21-16-13(6-5-9-19-16)11-20-17(2,3)4/h5-10,20H,11H2,1-4H3. The van der Waals surface area contributed by atoms with Crippen molar-refractivity contribution in [3.8, 4) is 11.6 Å². The van der Waals surface area contributed by atoms with Crippen LogP contribution in [0.2, 0.25) is 0 Å². The number of nitrogens with zero attached hydrogens (tertiary/aromatic N) is 1. The van der Waals surface area contributed by atoms with Gasteiger partial charge in [0.25, 0.3) is 0 Å². The molecule has 0 saturated carbocycles. The molecule has 1 aromatic heterocycles. The second kappa shape index (κ2) is 6.22. The first kappa shape index (κ1) is 15.4. The van der Waals surface area contributed by atoms with Gasteiger partial charge in [-0.2, -0.15) is 0 Å². The predicted molar refractivity (Wildman–Crippen MR) is 82.0 cm³/mol. The number of ether oxygens (including phenoxy) is 1. The third-order valence-electron chi connectivity index (χ3n) is 3.02. The Morgan fingerprint density at radius 1 is 1.24 bits per heavy atom. The SMILES string of the molecule is Cc1ccc(F)cc1Oc1ncccc1CNC(C)(C)C. The molecule has 0 amide bonds. The van der Waals surface area contributed by atoms with E-state index >= 15 is 0 Å². The van der Waals surface area contributed by atoms with E-state index in [1.54, 1.807) is 12.3 Å². The minimum Gasteiger partial charge on any atom is -0.438 e. The first-order valence-electron chi connectivity index (χ1n) is 6.98. The summed E-state index contributed by atoms with van der Waals surface area (Å²) in [5.74, 6) is 0.676. The van der Waals surface area contributed by atoms with Crippen LogP contribution in [0.1, 0.15) is 31.9 Å². The van der Waals surface area contributed by atoms with Gasteiger partial charge in [-0.15, -0.1) is 0 Å². The van der Waals surface area contributed by atoms with Crippen molar-refractivity contribution < 1.29 is 9.13 Å². The molecule has 0 radical (unpaired) electrons. The van der Waals surface area contributed by atoms with Gasteiger partial charge in [-0.05, 0) is 45.4 Å². The summed E-state index contributed by atoms with van der Waals surface area (Å²) in [6.45, 7) is 8.81. The van der Waals surface area contributed by atoms with Gasteiger partial charge in [-0.3, -0.25) is 0 Å². The molecule has 1 heterocycles. The lowest BCUT2D eigenvalue weighted by atomic mass is 10.1. The van der Waals surface area contributed by atoms with Gasteiger partial charge in [0.1, 0.15) is 11.6 Å². The molecule has 0 fully saturated rings. The Hall–Kier alpha value is -1.94. The first-order valence-corrected chi connectivity index (χ1v) is 6.98. The van der Waals surface area contributed by atoms with E-state index in [2.05, 4.69) is 31.1 Å². The van der Waals surface area contributed by atoms with Gasteiger partial charge in [-0.1, -0.05) is 12.1 Å². The normalized spacial score (nSPS) is 11.5. The Morgan fingerprint density at radius 3 is 2.71 bits per heavy atom. The molecule has 3 nitrogen and oxygen atoms in total. The first-order chi connectivity index (χ1) is 9.85. The van der Waals surface area contributed by atoms with E-state index in [4.69, 9.17) is 4.74 Å². The molecule has 0 unspecified atom stereocenters. The van der Waals surface area contributed by atoms with E-state index in [-0.39, 0.29) is 11.4 Å². The average molecular weight is 288 g/mol. The van der Waals surface area contributed by atoms with E-state index in [0.717, 1.165) is 11.1 Å². The summed E-state index contributed by atoms with van der Waals surface area (Å²) < 4.78 is 19.1. The average Bonchev–Trinajstić information content (AvgIpc) is 2.41. The molecule has 112 valence electrons. The van der Waals surface area contributed by atoms with Crippen LogP contribution in [0.25, 0.3) is 0 Å². The second-order valence-electron chi connectivity index (χ2n) is 6.08. The molecule has 0 saturated heterocycles. The molecular weight excluding hydrogens is 267 g/mol. The van der Waals surface area contributed by atoms with Crippen LogP contribution in [0.3, 0.4) is 0 Å². The molecule has 4 heteroatoms. The molecule has 0 aliphatic rings. The number of nitrogens with one attached hydrogen (secondary N) is 1. The molecule has 0 atom stereocenters. The molecule has 2 rings (SSSR count). The quantitative estimate of drug-likeness (QED) is 0.915. The summed E-state index contributed by atoms with van der Waals surface area (Å²) in [5.41, 5.74) is 1.81. The van der Waals surface area contributed by atoms with Crippen molar-refractivity contribution >= 4 is 0 Å². The summed E-state index contributed by atoms with van der Waals surface area (Å²) in [5, 5.41) is 3.40. The fourth-order valence-electron chi connectivity index (χ4n) is 1.80. The fourth-order valence-corrected chi connectivity index (χ4v) is 1.80. The van der Waals surface area contributed by atoms with Crippen molar-refractivity contribution in [3.63, 3.8) is 0 Å². The molecule has 1 aromatic carbocycles.